The van der Waals surface area contributed by atoms with Crippen LogP contribution >= 0.6 is 0 Å². The van der Waals surface area contributed by atoms with Gasteiger partial charge in [0.2, 0.25) is 5.91 Å². The number of benzene rings is 1. The van der Waals surface area contributed by atoms with E-state index in [0.29, 0.717) is 17.2 Å². The van der Waals surface area contributed by atoms with Crippen LogP contribution in [0.4, 0.5) is 5.69 Å². The molecule has 0 unspecified atom stereocenters. The van der Waals surface area contributed by atoms with Crippen LogP contribution in [0.15, 0.2) is 36.7 Å². The van der Waals surface area contributed by atoms with E-state index in [1.54, 1.807) is 32.4 Å². The zero-order valence-corrected chi connectivity index (χ0v) is 10.2. The van der Waals surface area contributed by atoms with Crippen molar-refractivity contribution in [2.75, 3.05) is 19.1 Å². The predicted octanol–water partition coefficient (Wildman–Crippen LogP) is 2.36. The van der Waals surface area contributed by atoms with Gasteiger partial charge in [-0.3, -0.25) is 9.69 Å². The highest BCUT2D eigenvalue weighted by molar-refractivity contribution is 5.93. The van der Waals surface area contributed by atoms with Crippen LogP contribution in [0, 0.1) is 0 Å². The van der Waals surface area contributed by atoms with E-state index >= 15 is 0 Å². The van der Waals surface area contributed by atoms with Crippen molar-refractivity contribution in [1.82, 2.24) is 0 Å². The molecule has 4 heteroatoms. The first-order valence-electron chi connectivity index (χ1n) is 5.01. The summed E-state index contributed by atoms with van der Waals surface area (Å²) in [4.78, 5) is 12.9. The molecule has 0 aliphatic rings. The van der Waals surface area contributed by atoms with Crippen LogP contribution in [0.1, 0.15) is 6.92 Å². The molecule has 4 nitrogen and oxygen atoms in total. The van der Waals surface area contributed by atoms with Crippen LogP contribution < -0.4 is 14.4 Å². The van der Waals surface area contributed by atoms with Gasteiger partial charge in [0.15, 0.2) is 0 Å². The summed E-state index contributed by atoms with van der Waals surface area (Å²) in [6.45, 7) is 4.91. The Balaban J connectivity index is 3.26. The summed E-state index contributed by atoms with van der Waals surface area (Å²) in [5.41, 5.74) is 3.21. The lowest BCUT2D eigenvalue weighted by Gasteiger charge is -2.17. The molecule has 0 heterocycles. The quantitative estimate of drug-likeness (QED) is 0.749. The van der Waals surface area contributed by atoms with E-state index in [0.717, 1.165) is 0 Å². The molecule has 1 aromatic rings. The Hall–Kier alpha value is -2.19. The average molecular weight is 233 g/mol. The first kappa shape index (κ1) is 12.9. The summed E-state index contributed by atoms with van der Waals surface area (Å²) in [5.74, 6) is 1.09. The highest BCUT2D eigenvalue weighted by atomic mass is 16.5. The normalized spacial score (nSPS) is 9.12. The van der Waals surface area contributed by atoms with E-state index in [4.69, 9.17) is 9.47 Å². The highest BCUT2D eigenvalue weighted by Crippen LogP contribution is 2.28. The smallest absolute Gasteiger partial charge is 0.228 e. The molecular weight excluding hydrogens is 218 g/mol. The van der Waals surface area contributed by atoms with E-state index < -0.39 is 0 Å². The Morgan fingerprint density at radius 1 is 1.29 bits per heavy atom. The molecule has 0 fully saturated rings. The van der Waals surface area contributed by atoms with Crippen molar-refractivity contribution in [3.8, 4) is 11.5 Å². The van der Waals surface area contributed by atoms with Gasteiger partial charge in [0.05, 0.1) is 26.1 Å². The topological polar surface area (TPSA) is 38.8 Å². The number of carbonyl (C=O) groups excluding carboxylic acids is 1. The Kier molecular flexibility index (Phi) is 4.37. The maximum Gasteiger partial charge on any atom is 0.228 e. The van der Waals surface area contributed by atoms with Gasteiger partial charge in [-0.15, -0.1) is 5.73 Å². The van der Waals surface area contributed by atoms with Gasteiger partial charge in [-0.25, -0.2) is 0 Å². The molecule has 0 atom stereocenters. The second-order valence-corrected chi connectivity index (χ2v) is 3.29. The maximum atomic E-state index is 11.5. The van der Waals surface area contributed by atoms with E-state index in [1.807, 2.05) is 0 Å². The van der Waals surface area contributed by atoms with Crippen LogP contribution in [-0.4, -0.2) is 20.1 Å². The number of methoxy groups -OCH3 is 2. The molecule has 0 radical (unpaired) electrons. The lowest BCUT2D eigenvalue weighted by Crippen LogP contribution is -2.21. The number of anilines is 1. The molecule has 0 aliphatic carbocycles. The van der Waals surface area contributed by atoms with E-state index in [2.05, 4.69) is 12.3 Å². The van der Waals surface area contributed by atoms with Crippen LogP contribution in [-0.2, 0) is 4.79 Å². The third-order valence-electron chi connectivity index (χ3n) is 2.17. The minimum Gasteiger partial charge on any atom is -0.497 e. The van der Waals surface area contributed by atoms with Crippen LogP contribution in [0.3, 0.4) is 0 Å². The zero-order chi connectivity index (χ0) is 12.8. The summed E-state index contributed by atoms with van der Waals surface area (Å²) in [6.07, 6.45) is 1.47. The molecule has 0 saturated carbocycles. The summed E-state index contributed by atoms with van der Waals surface area (Å²) in [5, 5.41) is 0. The van der Waals surface area contributed by atoms with Gasteiger partial charge in [0, 0.05) is 25.1 Å². The van der Waals surface area contributed by atoms with Crippen molar-refractivity contribution in [2.24, 2.45) is 0 Å². The standard InChI is InChI=1S/C13H15NO3/c1-5-6-14(10(2)15)11-7-12(16-3)9-13(8-11)17-4/h6-9H,1H2,2-4H3. The first-order valence-corrected chi connectivity index (χ1v) is 5.01. The van der Waals surface area contributed by atoms with Crippen molar-refractivity contribution in [1.29, 1.82) is 0 Å². The van der Waals surface area contributed by atoms with Gasteiger partial charge < -0.3 is 9.47 Å². The second kappa shape index (κ2) is 5.77. The Morgan fingerprint density at radius 3 is 2.18 bits per heavy atom. The van der Waals surface area contributed by atoms with Gasteiger partial charge in [-0.1, -0.05) is 6.58 Å². The molecule has 1 amide bonds. The van der Waals surface area contributed by atoms with E-state index in [-0.39, 0.29) is 5.91 Å². The molecule has 0 spiro atoms. The zero-order valence-electron chi connectivity index (χ0n) is 10.2. The molecule has 0 aromatic heterocycles. The predicted molar refractivity (Wildman–Crippen MR) is 66.4 cm³/mol. The number of hydrogen-bond acceptors (Lipinski definition) is 3. The number of hydrogen-bond donors (Lipinski definition) is 0. The Bertz CT molecular complexity index is 437. The third kappa shape index (κ3) is 3.13. The fourth-order valence-electron chi connectivity index (χ4n) is 1.37. The van der Waals surface area contributed by atoms with Crippen molar-refractivity contribution in [2.45, 2.75) is 6.92 Å². The maximum absolute atomic E-state index is 11.5. The highest BCUT2D eigenvalue weighted by Gasteiger charge is 2.11. The minimum absolute atomic E-state index is 0.142. The SMILES string of the molecule is C=C=CN(C(C)=O)c1cc(OC)cc(OC)c1. The van der Waals surface area contributed by atoms with Gasteiger partial charge >= 0.3 is 0 Å². The molecule has 0 aliphatic heterocycles. The van der Waals surface area contributed by atoms with Crippen LogP contribution in [0.25, 0.3) is 0 Å². The van der Waals surface area contributed by atoms with Crippen LogP contribution in [0.5, 0.6) is 11.5 Å². The summed E-state index contributed by atoms with van der Waals surface area (Å²) >= 11 is 0. The molecule has 1 aromatic carbocycles. The number of nitrogens with zero attached hydrogens (tertiary/aromatic N) is 1. The van der Waals surface area contributed by atoms with Crippen molar-refractivity contribution >= 4 is 11.6 Å². The Labute approximate surface area is 101 Å². The molecule has 0 N–H and O–H groups in total. The van der Waals surface area contributed by atoms with E-state index in [1.165, 1.54) is 18.0 Å². The monoisotopic (exact) mass is 233 g/mol. The molecule has 17 heavy (non-hydrogen) atoms. The minimum atomic E-state index is -0.142. The van der Waals surface area contributed by atoms with E-state index in [9.17, 15) is 4.79 Å². The van der Waals surface area contributed by atoms with Crippen LogP contribution in [0.2, 0.25) is 0 Å². The van der Waals surface area contributed by atoms with Crippen molar-refractivity contribution in [3.63, 3.8) is 0 Å². The lowest BCUT2D eigenvalue weighted by atomic mass is 10.2. The summed E-state index contributed by atoms with van der Waals surface area (Å²) < 4.78 is 10.3. The summed E-state index contributed by atoms with van der Waals surface area (Å²) in [7, 11) is 3.11. The largest absolute Gasteiger partial charge is 0.497 e. The van der Waals surface area contributed by atoms with Gasteiger partial charge in [-0.2, -0.15) is 0 Å². The van der Waals surface area contributed by atoms with Gasteiger partial charge in [0.25, 0.3) is 0 Å². The number of carbonyl (C=O) groups is 1. The van der Waals surface area contributed by atoms with Crippen molar-refractivity contribution in [3.05, 3.63) is 36.7 Å². The Morgan fingerprint density at radius 2 is 1.82 bits per heavy atom. The number of amides is 1. The summed E-state index contributed by atoms with van der Waals surface area (Å²) in [6, 6.07) is 5.20. The molecule has 0 bridgehead atoms. The molecule has 0 saturated heterocycles. The fraction of sp³-hybridized carbons (Fsp3) is 0.231. The number of ether oxygens (including phenoxy) is 2. The molecule has 90 valence electrons. The average Bonchev–Trinajstić information content (AvgIpc) is 2.34. The van der Waals surface area contributed by atoms with Crippen molar-refractivity contribution < 1.29 is 14.3 Å². The first-order chi connectivity index (χ1) is 8.12. The van der Waals surface area contributed by atoms with Gasteiger partial charge in [0.1, 0.15) is 11.5 Å². The fourth-order valence-corrected chi connectivity index (χ4v) is 1.37. The molecular formula is C13H15NO3. The lowest BCUT2D eigenvalue weighted by molar-refractivity contribution is -0.115. The number of rotatable bonds is 4. The molecule has 1 rings (SSSR count). The van der Waals surface area contributed by atoms with Gasteiger partial charge in [-0.05, 0) is 0 Å². The third-order valence-corrected chi connectivity index (χ3v) is 2.17. The second-order valence-electron chi connectivity index (χ2n) is 3.29.